The predicted octanol–water partition coefficient (Wildman–Crippen LogP) is 3.44. The van der Waals surface area contributed by atoms with Crippen molar-refractivity contribution >= 4 is 11.6 Å². The Labute approximate surface area is 144 Å². The maximum Gasteiger partial charge on any atom is 0.193 e. The Kier molecular flexibility index (Phi) is 5.74. The van der Waals surface area contributed by atoms with Crippen molar-refractivity contribution in [2.45, 2.75) is 63.8 Å². The largest absolute Gasteiger partial charge is 0.370 e. The third kappa shape index (κ3) is 4.48. The maximum atomic E-state index is 6.19. The van der Waals surface area contributed by atoms with Gasteiger partial charge in [0.1, 0.15) is 6.10 Å². The molecule has 5 nitrogen and oxygen atoms in total. The van der Waals surface area contributed by atoms with Gasteiger partial charge in [-0.15, -0.1) is 0 Å². The number of guanidine groups is 1. The van der Waals surface area contributed by atoms with Gasteiger partial charge in [-0.3, -0.25) is 4.99 Å². The number of ether oxygens (including phenoxy) is 2. The highest BCUT2D eigenvalue weighted by molar-refractivity contribution is 5.92. The van der Waals surface area contributed by atoms with E-state index in [0.29, 0.717) is 19.1 Å². The molecule has 1 atom stereocenters. The molecular weight excluding hydrogens is 302 g/mol. The van der Waals surface area contributed by atoms with E-state index in [1.807, 2.05) is 12.1 Å². The summed E-state index contributed by atoms with van der Waals surface area (Å²) in [6.45, 7) is 3.29. The molecule has 1 saturated carbocycles. The molecule has 1 saturated heterocycles. The Morgan fingerprint density at radius 1 is 1.29 bits per heavy atom. The van der Waals surface area contributed by atoms with Gasteiger partial charge in [0, 0.05) is 18.5 Å². The van der Waals surface area contributed by atoms with Crippen molar-refractivity contribution in [2.75, 3.05) is 18.5 Å². The summed E-state index contributed by atoms with van der Waals surface area (Å²) in [5.74, 6) is 0.0719. The Morgan fingerprint density at radius 3 is 2.83 bits per heavy atom. The van der Waals surface area contributed by atoms with Crippen molar-refractivity contribution < 1.29 is 9.47 Å². The zero-order chi connectivity index (χ0) is 16.8. The molecule has 1 aromatic carbocycles. The molecule has 0 aromatic heterocycles. The highest BCUT2D eigenvalue weighted by Crippen LogP contribution is 2.36. The van der Waals surface area contributed by atoms with Crippen LogP contribution in [0.25, 0.3) is 0 Å². The molecule has 1 aromatic rings. The minimum Gasteiger partial charge on any atom is -0.370 e. The first-order chi connectivity index (χ1) is 11.7. The first-order valence-electron chi connectivity index (χ1n) is 9.17. The number of benzene rings is 1. The summed E-state index contributed by atoms with van der Waals surface area (Å²) in [7, 11) is 0. The first-order valence-corrected chi connectivity index (χ1v) is 9.17. The van der Waals surface area contributed by atoms with E-state index in [-0.39, 0.29) is 11.9 Å². The van der Waals surface area contributed by atoms with E-state index in [4.69, 9.17) is 15.2 Å². The lowest BCUT2D eigenvalue weighted by Gasteiger charge is -2.26. The monoisotopic (exact) mass is 331 g/mol. The van der Waals surface area contributed by atoms with Gasteiger partial charge in [-0.25, -0.2) is 0 Å². The van der Waals surface area contributed by atoms with Crippen LogP contribution in [0.15, 0.2) is 29.3 Å². The molecule has 3 N–H and O–H groups in total. The van der Waals surface area contributed by atoms with Crippen molar-refractivity contribution in [1.29, 1.82) is 0 Å². The normalized spacial score (nSPS) is 24.0. The lowest BCUT2D eigenvalue weighted by molar-refractivity contribution is -0.174. The Balaban J connectivity index is 1.51. The minimum absolute atomic E-state index is 0.00502. The van der Waals surface area contributed by atoms with Crippen LogP contribution in [0.5, 0.6) is 0 Å². The number of aryl methyl sites for hydroxylation is 1. The second kappa shape index (κ2) is 7.99. The summed E-state index contributed by atoms with van der Waals surface area (Å²) < 4.78 is 12.2. The van der Waals surface area contributed by atoms with Crippen LogP contribution in [0.4, 0.5) is 5.69 Å². The quantitative estimate of drug-likeness (QED) is 0.655. The lowest BCUT2D eigenvalue weighted by Crippen LogP contribution is -2.31. The van der Waals surface area contributed by atoms with Crippen LogP contribution < -0.4 is 11.1 Å². The van der Waals surface area contributed by atoms with Crippen LogP contribution in [0.1, 0.15) is 51.0 Å². The van der Waals surface area contributed by atoms with Crippen molar-refractivity contribution in [3.05, 3.63) is 29.8 Å². The van der Waals surface area contributed by atoms with Gasteiger partial charge >= 0.3 is 0 Å². The number of aliphatic imine (C=N–C) groups is 1. The van der Waals surface area contributed by atoms with Crippen molar-refractivity contribution in [3.8, 4) is 0 Å². The molecule has 1 spiro atoms. The summed E-state index contributed by atoms with van der Waals surface area (Å²) in [5.41, 5.74) is 8.26. The molecule has 132 valence electrons. The maximum absolute atomic E-state index is 6.19. The van der Waals surface area contributed by atoms with Crippen molar-refractivity contribution in [2.24, 2.45) is 10.7 Å². The van der Waals surface area contributed by atoms with Crippen LogP contribution in [-0.2, 0) is 15.9 Å². The predicted molar refractivity (Wildman–Crippen MR) is 97.2 cm³/mol. The third-order valence-corrected chi connectivity index (χ3v) is 4.85. The van der Waals surface area contributed by atoms with Gasteiger partial charge in [0.2, 0.25) is 0 Å². The van der Waals surface area contributed by atoms with E-state index < -0.39 is 0 Å². The molecule has 3 rings (SSSR count). The van der Waals surface area contributed by atoms with Crippen LogP contribution in [0.3, 0.4) is 0 Å². The fourth-order valence-corrected chi connectivity index (χ4v) is 3.49. The number of nitrogens with zero attached hydrogens (tertiary/aromatic N) is 1. The zero-order valence-corrected chi connectivity index (χ0v) is 14.6. The number of hydrogen-bond acceptors (Lipinski definition) is 3. The van der Waals surface area contributed by atoms with Gasteiger partial charge in [0.15, 0.2) is 11.7 Å². The van der Waals surface area contributed by atoms with Crippen LogP contribution >= 0.6 is 0 Å². The lowest BCUT2D eigenvalue weighted by atomic mass is 10.1. The topological polar surface area (TPSA) is 68.9 Å². The fraction of sp³-hybridized carbons (Fsp3) is 0.632. The molecule has 1 aliphatic heterocycles. The summed E-state index contributed by atoms with van der Waals surface area (Å²) >= 11 is 0. The number of nitrogens with two attached hydrogens (primary N) is 1. The molecular formula is C19H29N3O2. The summed E-state index contributed by atoms with van der Waals surface area (Å²) in [5, 5.41) is 3.15. The SMILES string of the molecule is CCc1cccc(NC(N)=NCC2COC3(CCCCCC3)O2)c1. The smallest absolute Gasteiger partial charge is 0.193 e. The molecule has 1 heterocycles. The van der Waals surface area contributed by atoms with E-state index in [9.17, 15) is 0 Å². The highest BCUT2D eigenvalue weighted by Gasteiger charge is 2.41. The van der Waals surface area contributed by atoms with E-state index in [1.54, 1.807) is 0 Å². The zero-order valence-electron chi connectivity index (χ0n) is 14.6. The number of nitrogens with one attached hydrogen (secondary N) is 1. The minimum atomic E-state index is -0.353. The fourth-order valence-electron chi connectivity index (χ4n) is 3.49. The molecule has 24 heavy (non-hydrogen) atoms. The molecule has 0 radical (unpaired) electrons. The second-order valence-electron chi connectivity index (χ2n) is 6.78. The van der Waals surface area contributed by atoms with E-state index in [1.165, 1.54) is 31.2 Å². The molecule has 2 fully saturated rings. The standard InChI is InChI=1S/C19H29N3O2/c1-2-15-8-7-9-16(12-15)22-18(20)21-13-17-14-23-19(24-17)10-5-3-4-6-11-19/h7-9,12,17H,2-6,10-11,13-14H2,1H3,(H3,20,21,22). The van der Waals surface area contributed by atoms with Crippen molar-refractivity contribution in [3.63, 3.8) is 0 Å². The number of hydrogen-bond donors (Lipinski definition) is 2. The molecule has 1 unspecified atom stereocenters. The Bertz CT molecular complexity index is 565. The number of rotatable bonds is 4. The van der Waals surface area contributed by atoms with Crippen LogP contribution in [0, 0.1) is 0 Å². The van der Waals surface area contributed by atoms with Crippen LogP contribution in [0.2, 0.25) is 0 Å². The van der Waals surface area contributed by atoms with Gasteiger partial charge < -0.3 is 20.5 Å². The Hall–Kier alpha value is -1.59. The van der Waals surface area contributed by atoms with Crippen molar-refractivity contribution in [1.82, 2.24) is 0 Å². The van der Waals surface area contributed by atoms with E-state index in [0.717, 1.165) is 24.9 Å². The average Bonchev–Trinajstić information content (AvgIpc) is 2.84. The van der Waals surface area contributed by atoms with Gasteiger partial charge in [-0.05, 0) is 37.0 Å². The molecule has 1 aliphatic carbocycles. The molecule has 0 bridgehead atoms. The summed E-state index contributed by atoms with van der Waals surface area (Å²) in [6, 6.07) is 8.22. The number of anilines is 1. The molecule has 2 aliphatic rings. The first kappa shape index (κ1) is 17.2. The molecule has 0 amide bonds. The van der Waals surface area contributed by atoms with Crippen LogP contribution in [-0.4, -0.2) is 31.0 Å². The van der Waals surface area contributed by atoms with Gasteiger partial charge in [-0.1, -0.05) is 31.9 Å². The average molecular weight is 331 g/mol. The van der Waals surface area contributed by atoms with Gasteiger partial charge in [0.05, 0.1) is 13.2 Å². The van der Waals surface area contributed by atoms with E-state index in [2.05, 4.69) is 29.4 Å². The van der Waals surface area contributed by atoms with E-state index >= 15 is 0 Å². The molecule has 5 heteroatoms. The second-order valence-corrected chi connectivity index (χ2v) is 6.78. The Morgan fingerprint density at radius 2 is 2.08 bits per heavy atom. The van der Waals surface area contributed by atoms with Gasteiger partial charge in [0.25, 0.3) is 0 Å². The third-order valence-electron chi connectivity index (χ3n) is 4.85. The highest BCUT2D eigenvalue weighted by atomic mass is 16.7. The van der Waals surface area contributed by atoms with Gasteiger partial charge in [-0.2, -0.15) is 0 Å². The summed E-state index contributed by atoms with van der Waals surface area (Å²) in [6.07, 6.45) is 7.96. The summed E-state index contributed by atoms with van der Waals surface area (Å²) in [4.78, 5) is 4.44.